The minimum absolute atomic E-state index is 0.0996. The van der Waals surface area contributed by atoms with Crippen molar-refractivity contribution in [2.24, 2.45) is 5.41 Å². The van der Waals surface area contributed by atoms with E-state index in [0.29, 0.717) is 44.6 Å². The van der Waals surface area contributed by atoms with Gasteiger partial charge in [-0.05, 0) is 42.3 Å². The topological polar surface area (TPSA) is 135 Å². The number of aliphatic carboxylic acids is 1. The Morgan fingerprint density at radius 3 is 2.48 bits per heavy atom. The number of aryl methyl sites for hydroxylation is 1. The molecule has 0 unspecified atom stereocenters. The molecule has 3 aromatic rings. The number of para-hydroxylation sites is 2. The molecule has 0 saturated carbocycles. The summed E-state index contributed by atoms with van der Waals surface area (Å²) >= 11 is 6.47. The highest BCUT2D eigenvalue weighted by molar-refractivity contribution is 6.30. The summed E-state index contributed by atoms with van der Waals surface area (Å²) in [5.74, 6) is -1.05. The average Bonchev–Trinajstić information content (AvgIpc) is 3.10. The van der Waals surface area contributed by atoms with Gasteiger partial charge in [0.2, 0.25) is 5.91 Å². The van der Waals surface area contributed by atoms with Crippen molar-refractivity contribution < 1.29 is 38.8 Å². The summed E-state index contributed by atoms with van der Waals surface area (Å²) in [4.78, 5) is 40.4. The molecule has 10 nitrogen and oxygen atoms in total. The molecule has 11 heteroatoms. The maximum Gasteiger partial charge on any atom is 0.303 e. The Labute approximate surface area is 261 Å². The summed E-state index contributed by atoms with van der Waals surface area (Å²) in [5, 5.41) is 22.5. The lowest BCUT2D eigenvalue weighted by Crippen LogP contribution is -2.46. The molecule has 0 aromatic heterocycles. The molecule has 0 aliphatic carbocycles. The van der Waals surface area contributed by atoms with Crippen LogP contribution in [0.3, 0.4) is 0 Å². The molecular formula is C33H37ClN2O8. The molecular weight excluding hydrogens is 588 g/mol. The highest BCUT2D eigenvalue weighted by atomic mass is 35.5. The van der Waals surface area contributed by atoms with Gasteiger partial charge in [0.15, 0.2) is 11.5 Å². The van der Waals surface area contributed by atoms with Crippen LogP contribution in [-0.2, 0) is 25.5 Å². The Morgan fingerprint density at radius 1 is 1.05 bits per heavy atom. The van der Waals surface area contributed by atoms with Crippen molar-refractivity contribution in [2.45, 2.75) is 45.3 Å². The number of rotatable bonds is 12. The van der Waals surface area contributed by atoms with E-state index in [-0.39, 0.29) is 32.4 Å². The fourth-order valence-electron chi connectivity index (χ4n) is 5.18. The number of nitrogens with one attached hydrogen (secondary N) is 1. The number of nitrogens with zero attached hydrogens (tertiary/aromatic N) is 1. The number of ether oxygens (including phenoxy) is 3. The molecule has 0 saturated heterocycles. The van der Waals surface area contributed by atoms with Gasteiger partial charge in [0, 0.05) is 52.5 Å². The van der Waals surface area contributed by atoms with Gasteiger partial charge in [-0.1, -0.05) is 55.8 Å². The number of hydrogen-bond acceptors (Lipinski definition) is 7. The number of halogens is 1. The molecule has 0 fully saturated rings. The molecule has 4 rings (SSSR count). The summed E-state index contributed by atoms with van der Waals surface area (Å²) in [5.41, 5.74) is 2.10. The second-order valence-electron chi connectivity index (χ2n) is 11.3. The van der Waals surface area contributed by atoms with Crippen LogP contribution in [0, 0.1) is 5.41 Å². The van der Waals surface area contributed by atoms with Crippen LogP contribution in [0.1, 0.15) is 49.5 Å². The van der Waals surface area contributed by atoms with Gasteiger partial charge in [-0.2, -0.15) is 0 Å². The Morgan fingerprint density at radius 2 is 1.80 bits per heavy atom. The molecule has 2 atom stereocenters. The van der Waals surface area contributed by atoms with Crippen LogP contribution in [0.2, 0.25) is 5.02 Å². The van der Waals surface area contributed by atoms with Crippen molar-refractivity contribution in [3.05, 3.63) is 82.4 Å². The summed E-state index contributed by atoms with van der Waals surface area (Å²) in [6, 6.07) is 17.4. The first-order chi connectivity index (χ1) is 21.0. The summed E-state index contributed by atoms with van der Waals surface area (Å²) in [7, 11) is 3.02. The second-order valence-corrected chi connectivity index (χ2v) is 11.8. The molecule has 1 aliphatic rings. The van der Waals surface area contributed by atoms with Crippen LogP contribution < -0.4 is 19.7 Å². The minimum atomic E-state index is -1.25. The van der Waals surface area contributed by atoms with Gasteiger partial charge in [-0.25, -0.2) is 0 Å². The molecule has 1 heterocycles. The standard InChI is InChI=1S/C33H37ClN2O8/c1-33(2,19-37)18-36-25-14-13-21(34)16-23(25)30(22-9-7-11-26(42-3)31(22)43-4)44-27(32(36)41)17-28(38)35-24-10-6-5-8-20(24)12-15-29(39)40/h5-11,13-14,16,27,30,37H,12,15,17-19H2,1-4H3,(H,35,38)(H,39,40)/t27-,30-/m0/s1. The van der Waals surface area contributed by atoms with Crippen molar-refractivity contribution in [3.63, 3.8) is 0 Å². The highest BCUT2D eigenvalue weighted by Crippen LogP contribution is 2.45. The third-order valence-electron chi connectivity index (χ3n) is 7.41. The van der Waals surface area contributed by atoms with E-state index in [1.807, 2.05) is 13.8 Å². The predicted molar refractivity (Wildman–Crippen MR) is 167 cm³/mol. The number of aliphatic hydroxyl groups excluding tert-OH is 1. The normalized spacial score (nSPS) is 16.6. The minimum Gasteiger partial charge on any atom is -0.493 e. The number of carbonyl (C=O) groups excluding carboxylic acids is 2. The number of carbonyl (C=O) groups is 3. The number of carboxylic acid groups (broad SMARTS) is 1. The van der Waals surface area contributed by atoms with Crippen molar-refractivity contribution in [3.8, 4) is 11.5 Å². The van der Waals surface area contributed by atoms with Crippen LogP contribution in [0.15, 0.2) is 60.7 Å². The largest absolute Gasteiger partial charge is 0.493 e. The van der Waals surface area contributed by atoms with Gasteiger partial charge < -0.3 is 34.6 Å². The van der Waals surface area contributed by atoms with Crippen LogP contribution >= 0.6 is 11.6 Å². The Hall–Kier alpha value is -4.12. The lowest BCUT2D eigenvalue weighted by atomic mass is 9.92. The molecule has 1 aliphatic heterocycles. The van der Waals surface area contributed by atoms with Crippen LogP contribution in [0.25, 0.3) is 0 Å². The molecule has 234 valence electrons. The van der Waals surface area contributed by atoms with E-state index < -0.39 is 35.4 Å². The first kappa shape index (κ1) is 32.8. The van der Waals surface area contributed by atoms with E-state index in [4.69, 9.17) is 30.9 Å². The maximum absolute atomic E-state index is 14.3. The van der Waals surface area contributed by atoms with Crippen LogP contribution in [0.4, 0.5) is 11.4 Å². The van der Waals surface area contributed by atoms with Crippen molar-refractivity contribution in [1.29, 1.82) is 0 Å². The number of benzene rings is 3. The average molecular weight is 625 g/mol. The summed E-state index contributed by atoms with van der Waals surface area (Å²) < 4.78 is 17.8. The molecule has 2 amide bonds. The van der Waals surface area contributed by atoms with E-state index in [2.05, 4.69) is 5.32 Å². The number of carboxylic acids is 1. The smallest absolute Gasteiger partial charge is 0.303 e. The summed E-state index contributed by atoms with van der Waals surface area (Å²) in [6.45, 7) is 3.62. The quantitative estimate of drug-likeness (QED) is 0.249. The van der Waals surface area contributed by atoms with E-state index in [1.165, 1.54) is 19.1 Å². The zero-order valence-electron chi connectivity index (χ0n) is 25.1. The van der Waals surface area contributed by atoms with Crippen LogP contribution in [0.5, 0.6) is 11.5 Å². The molecule has 3 N–H and O–H groups in total. The van der Waals surface area contributed by atoms with Gasteiger partial charge in [-0.15, -0.1) is 0 Å². The summed E-state index contributed by atoms with van der Waals surface area (Å²) in [6.07, 6.45) is -2.35. The number of anilines is 2. The molecule has 0 bridgehead atoms. The third-order valence-corrected chi connectivity index (χ3v) is 7.64. The van der Waals surface area contributed by atoms with Crippen LogP contribution in [-0.4, -0.2) is 61.5 Å². The maximum atomic E-state index is 14.3. The van der Waals surface area contributed by atoms with Gasteiger partial charge in [0.1, 0.15) is 12.2 Å². The van der Waals surface area contributed by atoms with Gasteiger partial charge in [-0.3, -0.25) is 14.4 Å². The Kier molecular flexibility index (Phi) is 10.5. The number of amides is 2. The first-order valence-corrected chi connectivity index (χ1v) is 14.5. The third kappa shape index (κ3) is 7.50. The van der Waals surface area contributed by atoms with Gasteiger partial charge in [0.25, 0.3) is 5.91 Å². The SMILES string of the molecule is COc1cccc([C@@H]2O[C@@H](CC(=O)Nc3ccccc3CCC(=O)O)C(=O)N(CC(C)(C)CO)c3ccc(Cl)cc32)c1OC. The van der Waals surface area contributed by atoms with Crippen molar-refractivity contribution in [2.75, 3.05) is 37.6 Å². The monoisotopic (exact) mass is 624 g/mol. The van der Waals surface area contributed by atoms with E-state index in [9.17, 15) is 19.5 Å². The number of hydrogen-bond donors (Lipinski definition) is 3. The lowest BCUT2D eigenvalue weighted by Gasteiger charge is -2.32. The second kappa shape index (κ2) is 14.1. The van der Waals surface area contributed by atoms with Gasteiger partial charge >= 0.3 is 5.97 Å². The van der Waals surface area contributed by atoms with E-state index >= 15 is 0 Å². The van der Waals surface area contributed by atoms with E-state index in [0.717, 1.165) is 0 Å². The van der Waals surface area contributed by atoms with Crippen molar-refractivity contribution >= 4 is 40.8 Å². The number of methoxy groups -OCH3 is 2. The number of aliphatic hydroxyl groups is 1. The predicted octanol–water partition coefficient (Wildman–Crippen LogP) is 5.24. The zero-order chi connectivity index (χ0) is 32.0. The molecule has 44 heavy (non-hydrogen) atoms. The van der Waals surface area contributed by atoms with Gasteiger partial charge in [0.05, 0.1) is 20.6 Å². The van der Waals surface area contributed by atoms with Crippen molar-refractivity contribution in [1.82, 2.24) is 0 Å². The van der Waals surface area contributed by atoms with E-state index in [1.54, 1.807) is 60.7 Å². The molecule has 3 aromatic carbocycles. The number of fused-ring (bicyclic) bond motifs is 1. The fraction of sp³-hybridized carbons (Fsp3) is 0.364. The lowest BCUT2D eigenvalue weighted by molar-refractivity contribution is -0.137. The molecule has 0 spiro atoms. The first-order valence-electron chi connectivity index (χ1n) is 14.2. The molecule has 0 radical (unpaired) electrons. The Balaban J connectivity index is 1.78. The highest BCUT2D eigenvalue weighted by Gasteiger charge is 2.40. The zero-order valence-corrected chi connectivity index (χ0v) is 25.9. The Bertz CT molecular complexity index is 1530. The fourth-order valence-corrected chi connectivity index (χ4v) is 5.36.